The highest BCUT2D eigenvalue weighted by Crippen LogP contribution is 2.40. The Morgan fingerprint density at radius 2 is 1.82 bits per heavy atom. The summed E-state index contributed by atoms with van der Waals surface area (Å²) in [7, 11) is 0. The van der Waals surface area contributed by atoms with Gasteiger partial charge in [-0.05, 0) is 92.0 Å². The minimum absolute atomic E-state index is 0.0791. The first-order chi connectivity index (χ1) is 13.5. The Labute approximate surface area is 170 Å². The van der Waals surface area contributed by atoms with Crippen molar-refractivity contribution < 1.29 is 14.3 Å². The second kappa shape index (κ2) is 8.00. The highest BCUT2D eigenvalue weighted by Gasteiger charge is 2.30. The van der Waals surface area contributed by atoms with E-state index in [1.165, 1.54) is 22.3 Å². The molecule has 2 aliphatic rings. The number of hydrogen-bond donors (Lipinski definition) is 1. The molecule has 0 aromatic heterocycles. The van der Waals surface area contributed by atoms with E-state index in [-0.39, 0.29) is 22.8 Å². The summed E-state index contributed by atoms with van der Waals surface area (Å²) in [5.74, 6) is 2.35. The van der Waals surface area contributed by atoms with Crippen LogP contribution in [0.5, 0.6) is 11.5 Å². The van der Waals surface area contributed by atoms with Gasteiger partial charge >= 0.3 is 0 Å². The monoisotopic (exact) mass is 395 g/mol. The molecule has 5 heteroatoms. The lowest BCUT2D eigenvalue weighted by Gasteiger charge is -2.21. The van der Waals surface area contributed by atoms with Crippen molar-refractivity contribution >= 4 is 22.8 Å². The normalized spacial score (nSPS) is 21.4. The molecule has 2 atom stereocenters. The molecular formula is C23H25NO3S. The lowest BCUT2D eigenvalue weighted by atomic mass is 9.94. The molecule has 28 heavy (non-hydrogen) atoms. The summed E-state index contributed by atoms with van der Waals surface area (Å²) < 4.78 is 6.09. The molecule has 4 nitrogen and oxygen atoms in total. The van der Waals surface area contributed by atoms with Gasteiger partial charge in [0.1, 0.15) is 11.5 Å². The van der Waals surface area contributed by atoms with Gasteiger partial charge in [0.15, 0.2) is 5.78 Å². The van der Waals surface area contributed by atoms with Crippen molar-refractivity contribution in [1.29, 1.82) is 0 Å². The molecule has 2 aromatic carbocycles. The fourth-order valence-electron chi connectivity index (χ4n) is 4.26. The van der Waals surface area contributed by atoms with Gasteiger partial charge in [-0.2, -0.15) is 0 Å². The van der Waals surface area contributed by atoms with Crippen molar-refractivity contribution in [2.45, 2.75) is 50.7 Å². The summed E-state index contributed by atoms with van der Waals surface area (Å²) >= 11 is 1.15. The number of thioether (sulfide) groups is 1. The molecule has 2 aromatic rings. The third-order valence-electron chi connectivity index (χ3n) is 5.54. The lowest BCUT2D eigenvalue weighted by molar-refractivity contribution is -0.117. The Morgan fingerprint density at radius 1 is 1.04 bits per heavy atom. The minimum atomic E-state index is -0.190. The fraction of sp³-hybridized carbons (Fsp3) is 0.391. The summed E-state index contributed by atoms with van der Waals surface area (Å²) in [6.07, 6.45) is 3.85. The summed E-state index contributed by atoms with van der Waals surface area (Å²) in [5.41, 5.74) is 5.10. The Kier molecular flexibility index (Phi) is 5.44. The Balaban J connectivity index is 1.41. The minimum Gasteiger partial charge on any atom is -0.457 e. The number of ether oxygens (including phenoxy) is 1. The highest BCUT2D eigenvalue weighted by molar-refractivity contribution is 8.14. The van der Waals surface area contributed by atoms with Gasteiger partial charge in [-0.25, -0.2) is 0 Å². The third kappa shape index (κ3) is 4.25. The van der Waals surface area contributed by atoms with E-state index < -0.39 is 0 Å². The number of amides is 1. The Hall–Kier alpha value is -2.27. The Morgan fingerprint density at radius 3 is 2.61 bits per heavy atom. The number of aryl methyl sites for hydroxylation is 3. The van der Waals surface area contributed by atoms with Crippen molar-refractivity contribution in [3.05, 3.63) is 58.7 Å². The van der Waals surface area contributed by atoms with Gasteiger partial charge in [0.2, 0.25) is 0 Å². The van der Waals surface area contributed by atoms with E-state index in [2.05, 4.69) is 49.5 Å². The number of nitrogens with one attached hydrogen (secondary N) is 1. The van der Waals surface area contributed by atoms with E-state index >= 15 is 0 Å². The van der Waals surface area contributed by atoms with E-state index in [4.69, 9.17) is 4.74 Å². The van der Waals surface area contributed by atoms with Gasteiger partial charge in [0.05, 0.1) is 11.8 Å². The molecule has 146 valence electrons. The summed E-state index contributed by atoms with van der Waals surface area (Å²) in [4.78, 5) is 23.5. The predicted molar refractivity (Wildman–Crippen MR) is 113 cm³/mol. The van der Waals surface area contributed by atoms with E-state index in [1.54, 1.807) is 0 Å². The first kappa shape index (κ1) is 19.1. The standard InChI is InChI=1S/C23H25NO3S/c1-14-9-15(2)11-19(10-14)27-18-6-7-20-16(3-4-17(20)12-18)5-8-22-21(25)13-24-23(26)28-22/h6-7,9-12,16,22H,3-5,8,13H2,1-2H3,(H,24,26). The van der Waals surface area contributed by atoms with Crippen LogP contribution in [-0.2, 0) is 11.2 Å². The van der Waals surface area contributed by atoms with Gasteiger partial charge in [-0.15, -0.1) is 0 Å². The molecule has 1 amide bonds. The van der Waals surface area contributed by atoms with Crippen molar-refractivity contribution in [2.75, 3.05) is 6.54 Å². The van der Waals surface area contributed by atoms with Crippen molar-refractivity contribution in [3.8, 4) is 11.5 Å². The number of benzene rings is 2. The number of carbonyl (C=O) groups is 2. The first-order valence-corrected chi connectivity index (χ1v) is 10.7. The molecule has 0 spiro atoms. The van der Waals surface area contributed by atoms with Crippen LogP contribution < -0.4 is 10.1 Å². The number of hydrogen-bond acceptors (Lipinski definition) is 4. The molecular weight excluding hydrogens is 370 g/mol. The van der Waals surface area contributed by atoms with E-state index in [0.29, 0.717) is 5.92 Å². The molecule has 4 rings (SSSR count). The summed E-state index contributed by atoms with van der Waals surface area (Å²) in [6.45, 7) is 4.33. The zero-order valence-electron chi connectivity index (χ0n) is 16.3. The van der Waals surface area contributed by atoms with Crippen molar-refractivity contribution in [2.24, 2.45) is 0 Å². The maximum atomic E-state index is 12.0. The zero-order chi connectivity index (χ0) is 19.7. The average Bonchev–Trinajstić information content (AvgIpc) is 3.04. The summed E-state index contributed by atoms with van der Waals surface area (Å²) in [6, 6.07) is 12.6. The molecule has 0 bridgehead atoms. The molecule has 0 radical (unpaired) electrons. The maximum absolute atomic E-state index is 12.0. The van der Waals surface area contributed by atoms with Gasteiger partial charge in [0.25, 0.3) is 5.24 Å². The lowest BCUT2D eigenvalue weighted by Crippen LogP contribution is -2.39. The fourth-order valence-corrected chi connectivity index (χ4v) is 5.14. The quantitative estimate of drug-likeness (QED) is 0.746. The van der Waals surface area contributed by atoms with Crippen LogP contribution in [0.1, 0.15) is 47.4 Å². The van der Waals surface area contributed by atoms with E-state index in [0.717, 1.165) is 48.9 Å². The zero-order valence-corrected chi connectivity index (χ0v) is 17.1. The van der Waals surface area contributed by atoms with Crippen LogP contribution in [0.15, 0.2) is 36.4 Å². The molecule has 1 aliphatic heterocycles. The average molecular weight is 396 g/mol. The molecule has 2 unspecified atom stereocenters. The maximum Gasteiger partial charge on any atom is 0.280 e. The van der Waals surface area contributed by atoms with E-state index in [9.17, 15) is 9.59 Å². The van der Waals surface area contributed by atoms with Crippen molar-refractivity contribution in [1.82, 2.24) is 5.32 Å². The highest BCUT2D eigenvalue weighted by atomic mass is 32.2. The Bertz CT molecular complexity index is 904. The predicted octanol–water partition coefficient (Wildman–Crippen LogP) is 5.30. The number of carbonyl (C=O) groups excluding carboxylic acids is 2. The number of fused-ring (bicyclic) bond motifs is 1. The second-order valence-electron chi connectivity index (χ2n) is 7.81. The number of ketones is 1. The van der Waals surface area contributed by atoms with Crippen LogP contribution >= 0.6 is 11.8 Å². The molecule has 1 N–H and O–H groups in total. The van der Waals surface area contributed by atoms with Crippen LogP contribution in [0.2, 0.25) is 0 Å². The van der Waals surface area contributed by atoms with Gasteiger partial charge in [-0.1, -0.05) is 23.9 Å². The van der Waals surface area contributed by atoms with Crippen LogP contribution in [0.3, 0.4) is 0 Å². The summed E-state index contributed by atoms with van der Waals surface area (Å²) in [5, 5.41) is 2.33. The first-order valence-electron chi connectivity index (χ1n) is 9.84. The van der Waals surface area contributed by atoms with Crippen LogP contribution in [0.4, 0.5) is 4.79 Å². The smallest absolute Gasteiger partial charge is 0.280 e. The topological polar surface area (TPSA) is 55.4 Å². The van der Waals surface area contributed by atoms with Gasteiger partial charge in [0, 0.05) is 0 Å². The van der Waals surface area contributed by atoms with Crippen molar-refractivity contribution in [3.63, 3.8) is 0 Å². The molecule has 1 fully saturated rings. The van der Waals surface area contributed by atoms with Gasteiger partial charge in [-0.3, -0.25) is 9.59 Å². The number of rotatable bonds is 5. The van der Waals surface area contributed by atoms with E-state index in [1.807, 2.05) is 6.07 Å². The second-order valence-corrected chi connectivity index (χ2v) is 8.99. The van der Waals surface area contributed by atoms with Crippen LogP contribution in [0, 0.1) is 13.8 Å². The number of Topliss-reactive ketones (excluding diaryl/α,β-unsaturated/α-hetero) is 1. The molecule has 1 saturated heterocycles. The third-order valence-corrected chi connectivity index (χ3v) is 6.68. The SMILES string of the molecule is Cc1cc(C)cc(Oc2ccc3c(c2)CCC3CCC2SC(=O)NCC2=O)c1. The molecule has 1 aliphatic carbocycles. The van der Waals surface area contributed by atoms with Crippen LogP contribution in [-0.4, -0.2) is 22.8 Å². The van der Waals surface area contributed by atoms with Crippen LogP contribution in [0.25, 0.3) is 0 Å². The molecule has 0 saturated carbocycles. The molecule has 1 heterocycles. The van der Waals surface area contributed by atoms with Gasteiger partial charge < -0.3 is 10.1 Å². The largest absolute Gasteiger partial charge is 0.457 e.